The van der Waals surface area contributed by atoms with E-state index in [-0.39, 0.29) is 0 Å². The summed E-state index contributed by atoms with van der Waals surface area (Å²) in [6.45, 7) is 6.45. The van der Waals surface area contributed by atoms with Gasteiger partial charge in [-0.15, -0.1) is 0 Å². The number of rotatable bonds is 3. The van der Waals surface area contributed by atoms with Crippen molar-refractivity contribution in [3.8, 4) is 0 Å². The van der Waals surface area contributed by atoms with Gasteiger partial charge in [-0.25, -0.2) is 0 Å². The lowest BCUT2D eigenvalue weighted by Gasteiger charge is -2.09. The fourth-order valence-corrected chi connectivity index (χ4v) is 1.40. The van der Waals surface area contributed by atoms with Crippen LogP contribution in [-0.4, -0.2) is 0 Å². The average molecular weight is 188 g/mol. The maximum Gasteiger partial charge on any atom is -0.00975 e. The minimum Gasteiger partial charge on any atom is -0.0847 e. The summed E-state index contributed by atoms with van der Waals surface area (Å²) in [7, 11) is 0. The molecule has 0 saturated heterocycles. The van der Waals surface area contributed by atoms with E-state index < -0.39 is 0 Å². The van der Waals surface area contributed by atoms with Crippen LogP contribution in [0, 0.1) is 5.92 Å². The van der Waals surface area contributed by atoms with Crippen molar-refractivity contribution in [2.45, 2.75) is 33.6 Å². The molecule has 0 heterocycles. The largest absolute Gasteiger partial charge is 0.0847 e. The standard InChI is InChI=1S/C14H20/c1-4-12(2)6-5-7-14-10-8-13(3)9-11-14/h4-6,8,10-11,13H,7,9H2,1-3H3/b6-5-,12-4-. The van der Waals surface area contributed by atoms with E-state index in [2.05, 4.69) is 57.2 Å². The monoisotopic (exact) mass is 188 g/mol. The summed E-state index contributed by atoms with van der Waals surface area (Å²) < 4.78 is 0. The van der Waals surface area contributed by atoms with E-state index in [9.17, 15) is 0 Å². The highest BCUT2D eigenvalue weighted by Gasteiger charge is 2.01. The molecule has 0 aromatic carbocycles. The third-order valence-electron chi connectivity index (χ3n) is 2.58. The first-order chi connectivity index (χ1) is 6.72. The molecule has 0 N–H and O–H groups in total. The quantitative estimate of drug-likeness (QED) is 0.575. The summed E-state index contributed by atoms with van der Waals surface area (Å²) in [5.74, 6) is 0.722. The Labute approximate surface area is 87.7 Å². The molecule has 1 aliphatic carbocycles. The van der Waals surface area contributed by atoms with Crippen LogP contribution in [0.4, 0.5) is 0 Å². The Bertz CT molecular complexity index is 287. The maximum absolute atomic E-state index is 2.35. The van der Waals surface area contributed by atoms with Crippen molar-refractivity contribution < 1.29 is 0 Å². The van der Waals surface area contributed by atoms with E-state index in [0.29, 0.717) is 0 Å². The molecule has 1 unspecified atom stereocenters. The van der Waals surface area contributed by atoms with E-state index >= 15 is 0 Å². The first-order valence-corrected chi connectivity index (χ1v) is 5.39. The fraction of sp³-hybridized carbons (Fsp3) is 0.429. The van der Waals surface area contributed by atoms with Crippen LogP contribution in [0.25, 0.3) is 0 Å². The lowest BCUT2D eigenvalue weighted by Crippen LogP contribution is -1.93. The zero-order valence-electron chi connectivity index (χ0n) is 9.46. The minimum atomic E-state index is 0.722. The van der Waals surface area contributed by atoms with Gasteiger partial charge in [-0.05, 0) is 38.2 Å². The number of hydrogen-bond donors (Lipinski definition) is 0. The Morgan fingerprint density at radius 3 is 2.93 bits per heavy atom. The second-order valence-electron chi connectivity index (χ2n) is 3.99. The molecule has 1 atom stereocenters. The van der Waals surface area contributed by atoms with Crippen molar-refractivity contribution in [1.29, 1.82) is 0 Å². The maximum atomic E-state index is 2.35. The van der Waals surface area contributed by atoms with Crippen molar-refractivity contribution in [3.05, 3.63) is 47.6 Å². The summed E-state index contributed by atoms with van der Waals surface area (Å²) in [6.07, 6.45) is 15.7. The molecule has 0 saturated carbocycles. The summed E-state index contributed by atoms with van der Waals surface area (Å²) in [6, 6.07) is 0. The van der Waals surface area contributed by atoms with Crippen LogP contribution in [-0.2, 0) is 0 Å². The number of allylic oxidation sites excluding steroid dienone is 8. The van der Waals surface area contributed by atoms with Crippen molar-refractivity contribution >= 4 is 0 Å². The highest BCUT2D eigenvalue weighted by molar-refractivity contribution is 5.27. The summed E-state index contributed by atoms with van der Waals surface area (Å²) in [4.78, 5) is 0. The lowest BCUT2D eigenvalue weighted by atomic mass is 9.97. The molecule has 14 heavy (non-hydrogen) atoms. The highest BCUT2D eigenvalue weighted by atomic mass is 14.1. The highest BCUT2D eigenvalue weighted by Crippen LogP contribution is 2.18. The van der Waals surface area contributed by atoms with Crippen LogP contribution in [0.5, 0.6) is 0 Å². The SMILES string of the molecule is C/C=C(C)\C=C/CC1=CCC(C)C=C1. The molecule has 0 aromatic heterocycles. The molecule has 0 aromatic rings. The predicted molar refractivity (Wildman–Crippen MR) is 64.2 cm³/mol. The summed E-state index contributed by atoms with van der Waals surface area (Å²) in [5.41, 5.74) is 2.78. The Balaban J connectivity index is 2.40. The zero-order chi connectivity index (χ0) is 10.4. The molecular formula is C14H20. The van der Waals surface area contributed by atoms with Gasteiger partial charge in [-0.3, -0.25) is 0 Å². The molecule has 1 aliphatic rings. The molecule has 0 heteroatoms. The van der Waals surface area contributed by atoms with Gasteiger partial charge < -0.3 is 0 Å². The first-order valence-electron chi connectivity index (χ1n) is 5.39. The second-order valence-corrected chi connectivity index (χ2v) is 3.99. The molecule has 0 bridgehead atoms. The molecule has 76 valence electrons. The topological polar surface area (TPSA) is 0 Å². The van der Waals surface area contributed by atoms with Gasteiger partial charge in [-0.2, -0.15) is 0 Å². The molecule has 0 radical (unpaired) electrons. The van der Waals surface area contributed by atoms with Gasteiger partial charge in [0, 0.05) is 0 Å². The van der Waals surface area contributed by atoms with Gasteiger partial charge >= 0.3 is 0 Å². The van der Waals surface area contributed by atoms with Gasteiger partial charge in [-0.1, -0.05) is 49.0 Å². The molecule has 0 amide bonds. The number of hydrogen-bond acceptors (Lipinski definition) is 0. The molecule has 0 fully saturated rings. The average Bonchev–Trinajstić information content (AvgIpc) is 2.21. The molecule has 0 spiro atoms. The van der Waals surface area contributed by atoms with Crippen LogP contribution in [0.15, 0.2) is 47.6 Å². The normalized spacial score (nSPS) is 22.9. The Morgan fingerprint density at radius 1 is 1.57 bits per heavy atom. The van der Waals surface area contributed by atoms with E-state index in [1.807, 2.05) is 0 Å². The van der Waals surface area contributed by atoms with Crippen LogP contribution in [0.1, 0.15) is 33.6 Å². The van der Waals surface area contributed by atoms with Gasteiger partial charge in [0.2, 0.25) is 0 Å². The third-order valence-corrected chi connectivity index (χ3v) is 2.58. The van der Waals surface area contributed by atoms with Gasteiger partial charge in [0.05, 0.1) is 0 Å². The molecule has 1 rings (SSSR count). The molecule has 0 aliphatic heterocycles. The fourth-order valence-electron chi connectivity index (χ4n) is 1.40. The van der Waals surface area contributed by atoms with E-state index in [0.717, 1.165) is 12.3 Å². The van der Waals surface area contributed by atoms with Gasteiger partial charge in [0.25, 0.3) is 0 Å². The zero-order valence-corrected chi connectivity index (χ0v) is 9.46. The van der Waals surface area contributed by atoms with Crippen molar-refractivity contribution in [2.75, 3.05) is 0 Å². The summed E-state index contributed by atoms with van der Waals surface area (Å²) >= 11 is 0. The van der Waals surface area contributed by atoms with Crippen molar-refractivity contribution in [2.24, 2.45) is 5.92 Å². The van der Waals surface area contributed by atoms with Crippen LogP contribution < -0.4 is 0 Å². The van der Waals surface area contributed by atoms with Crippen molar-refractivity contribution in [3.63, 3.8) is 0 Å². The van der Waals surface area contributed by atoms with Crippen LogP contribution in [0.3, 0.4) is 0 Å². The Morgan fingerprint density at radius 2 is 2.36 bits per heavy atom. The molecule has 0 nitrogen and oxygen atoms in total. The lowest BCUT2D eigenvalue weighted by molar-refractivity contribution is 0.728. The van der Waals surface area contributed by atoms with Gasteiger partial charge in [0.15, 0.2) is 0 Å². The Kier molecular flexibility index (Phi) is 4.45. The molecular weight excluding hydrogens is 168 g/mol. The minimum absolute atomic E-state index is 0.722. The van der Waals surface area contributed by atoms with E-state index in [4.69, 9.17) is 0 Å². The van der Waals surface area contributed by atoms with Gasteiger partial charge in [0.1, 0.15) is 0 Å². The van der Waals surface area contributed by atoms with Crippen molar-refractivity contribution in [1.82, 2.24) is 0 Å². The van der Waals surface area contributed by atoms with Crippen LogP contribution in [0.2, 0.25) is 0 Å². The summed E-state index contributed by atoms with van der Waals surface area (Å²) in [5, 5.41) is 0. The third kappa shape index (κ3) is 3.78. The second kappa shape index (κ2) is 5.64. The predicted octanol–water partition coefficient (Wildman–Crippen LogP) is 4.42. The first kappa shape index (κ1) is 11.0. The van der Waals surface area contributed by atoms with Crippen LogP contribution >= 0.6 is 0 Å². The van der Waals surface area contributed by atoms with E-state index in [1.54, 1.807) is 0 Å². The Hall–Kier alpha value is -1.04. The van der Waals surface area contributed by atoms with E-state index in [1.165, 1.54) is 17.6 Å². The smallest absolute Gasteiger partial charge is 0.00975 e.